The summed E-state index contributed by atoms with van der Waals surface area (Å²) in [5.74, 6) is -1.01. The van der Waals surface area contributed by atoms with E-state index >= 15 is 0 Å². The molecule has 9 heteroatoms. The molecule has 3 N–H and O–H groups in total. The second-order valence-corrected chi connectivity index (χ2v) is 6.80. The Morgan fingerprint density at radius 3 is 2.85 bits per heavy atom. The average molecular weight is 336 g/mol. The van der Waals surface area contributed by atoms with Gasteiger partial charge in [-0.1, -0.05) is 11.6 Å². The highest BCUT2D eigenvalue weighted by atomic mass is 35.5. The van der Waals surface area contributed by atoms with Gasteiger partial charge in [-0.15, -0.1) is 11.3 Å². The van der Waals surface area contributed by atoms with Gasteiger partial charge in [0.05, 0.1) is 16.2 Å². The second-order valence-electron chi connectivity index (χ2n) is 3.94. The van der Waals surface area contributed by atoms with E-state index in [0.29, 0.717) is 6.42 Å². The highest BCUT2D eigenvalue weighted by Crippen LogP contribution is 2.25. The number of aromatic nitrogens is 1. The Bertz CT molecular complexity index is 705. The van der Waals surface area contributed by atoms with Crippen LogP contribution in [-0.2, 0) is 16.4 Å². The number of anilines is 1. The first-order valence-corrected chi connectivity index (χ1v) is 8.32. The summed E-state index contributed by atoms with van der Waals surface area (Å²) in [6.45, 7) is 0.109. The molecule has 0 aliphatic carbocycles. The van der Waals surface area contributed by atoms with E-state index in [2.05, 4.69) is 9.71 Å². The highest BCUT2D eigenvalue weighted by molar-refractivity contribution is 7.89. The van der Waals surface area contributed by atoms with E-state index in [1.807, 2.05) is 5.38 Å². The van der Waals surface area contributed by atoms with Gasteiger partial charge in [-0.05, 0) is 12.1 Å². The number of nitrogens with zero attached hydrogens (tertiary/aromatic N) is 1. The Morgan fingerprint density at radius 1 is 1.45 bits per heavy atom. The normalized spacial score (nSPS) is 11.7. The predicted molar refractivity (Wildman–Crippen MR) is 76.8 cm³/mol. The van der Waals surface area contributed by atoms with Gasteiger partial charge in [-0.25, -0.2) is 22.5 Å². The van der Waals surface area contributed by atoms with Gasteiger partial charge in [-0.2, -0.15) is 0 Å². The maximum Gasteiger partial charge on any atom is 0.243 e. The molecule has 2 rings (SSSR count). The molecule has 0 saturated heterocycles. The van der Waals surface area contributed by atoms with Gasteiger partial charge in [0, 0.05) is 24.0 Å². The fraction of sp³-hybridized carbons (Fsp3) is 0.182. The van der Waals surface area contributed by atoms with Crippen molar-refractivity contribution in [1.82, 2.24) is 9.71 Å². The first-order chi connectivity index (χ1) is 9.40. The smallest absolute Gasteiger partial charge is 0.243 e. The van der Waals surface area contributed by atoms with Gasteiger partial charge in [0.15, 0.2) is 5.82 Å². The maximum atomic E-state index is 13.8. The Morgan fingerprint density at radius 2 is 2.20 bits per heavy atom. The lowest BCUT2D eigenvalue weighted by atomic mass is 10.3. The third kappa shape index (κ3) is 3.45. The summed E-state index contributed by atoms with van der Waals surface area (Å²) in [4.78, 5) is 3.47. The number of sulfonamides is 1. The predicted octanol–water partition coefficient (Wildman–Crippen LogP) is 2.04. The van der Waals surface area contributed by atoms with E-state index in [0.717, 1.165) is 17.8 Å². The third-order valence-electron chi connectivity index (χ3n) is 2.46. The molecule has 0 radical (unpaired) electrons. The van der Waals surface area contributed by atoms with Gasteiger partial charge < -0.3 is 5.73 Å². The van der Waals surface area contributed by atoms with Crippen LogP contribution in [0.25, 0.3) is 0 Å². The lowest BCUT2D eigenvalue weighted by Gasteiger charge is -2.09. The monoisotopic (exact) mass is 335 g/mol. The van der Waals surface area contributed by atoms with Crippen molar-refractivity contribution in [1.29, 1.82) is 0 Å². The molecule has 0 unspecified atom stereocenters. The van der Waals surface area contributed by atoms with Crippen molar-refractivity contribution in [3.05, 3.63) is 39.6 Å². The zero-order valence-corrected chi connectivity index (χ0v) is 12.5. The lowest BCUT2D eigenvalue weighted by molar-refractivity contribution is 0.557. The zero-order chi connectivity index (χ0) is 14.8. The summed E-state index contributed by atoms with van der Waals surface area (Å²) < 4.78 is 40.1. The van der Waals surface area contributed by atoms with Crippen molar-refractivity contribution in [2.45, 2.75) is 11.3 Å². The Kier molecular flexibility index (Phi) is 4.59. The summed E-state index contributed by atoms with van der Waals surface area (Å²) in [6.07, 6.45) is 0.417. The number of hydrogen-bond donors (Lipinski definition) is 2. The SMILES string of the molecule is Nc1cc(Cl)c(F)c(S(=O)(=O)NCCc2cscn2)c1. The topological polar surface area (TPSA) is 85.1 Å². The van der Waals surface area contributed by atoms with E-state index in [1.54, 1.807) is 5.51 Å². The first-order valence-electron chi connectivity index (χ1n) is 5.51. The lowest BCUT2D eigenvalue weighted by Crippen LogP contribution is -2.27. The molecule has 0 saturated carbocycles. The molecular weight excluding hydrogens is 325 g/mol. The van der Waals surface area contributed by atoms with Crippen molar-refractivity contribution >= 4 is 38.6 Å². The summed E-state index contributed by atoms with van der Waals surface area (Å²) >= 11 is 7.00. The van der Waals surface area contributed by atoms with Crippen LogP contribution in [0.3, 0.4) is 0 Å². The van der Waals surface area contributed by atoms with E-state index in [1.165, 1.54) is 11.3 Å². The van der Waals surface area contributed by atoms with Crippen molar-refractivity contribution in [3.8, 4) is 0 Å². The number of benzene rings is 1. The van der Waals surface area contributed by atoms with Crippen LogP contribution >= 0.6 is 22.9 Å². The molecule has 0 spiro atoms. The van der Waals surface area contributed by atoms with Crippen LogP contribution < -0.4 is 10.5 Å². The van der Waals surface area contributed by atoms with Gasteiger partial charge >= 0.3 is 0 Å². The molecule has 0 atom stereocenters. The molecule has 1 aromatic carbocycles. The summed E-state index contributed by atoms with van der Waals surface area (Å²) in [6, 6.07) is 2.19. The molecule has 0 aliphatic rings. The van der Waals surface area contributed by atoms with Gasteiger partial charge in [0.2, 0.25) is 10.0 Å². The standard InChI is InChI=1S/C11H11ClFN3O2S2/c12-9-3-7(14)4-10(11(9)13)20(17,18)16-2-1-8-5-19-6-15-8/h3-6,16H,1-2,14H2. The molecule has 1 aromatic heterocycles. The van der Waals surface area contributed by atoms with Crippen molar-refractivity contribution in [2.24, 2.45) is 0 Å². The Labute approximate surface area is 124 Å². The minimum Gasteiger partial charge on any atom is -0.399 e. The molecule has 0 amide bonds. The molecule has 0 bridgehead atoms. The second kappa shape index (κ2) is 6.04. The average Bonchev–Trinajstić information content (AvgIpc) is 2.86. The number of hydrogen-bond acceptors (Lipinski definition) is 5. The van der Waals surface area contributed by atoms with Crippen molar-refractivity contribution in [3.63, 3.8) is 0 Å². The van der Waals surface area contributed by atoms with Crippen LogP contribution in [0.5, 0.6) is 0 Å². The number of rotatable bonds is 5. The number of nitrogens with two attached hydrogens (primary N) is 1. The highest BCUT2D eigenvalue weighted by Gasteiger charge is 2.21. The number of nitrogens with one attached hydrogen (secondary N) is 1. The zero-order valence-electron chi connectivity index (χ0n) is 10.1. The first kappa shape index (κ1) is 15.2. The summed E-state index contributed by atoms with van der Waals surface area (Å²) in [5.41, 5.74) is 7.98. The largest absolute Gasteiger partial charge is 0.399 e. The van der Waals surface area contributed by atoms with Crippen LogP contribution in [-0.4, -0.2) is 19.9 Å². The van der Waals surface area contributed by atoms with Crippen molar-refractivity contribution < 1.29 is 12.8 Å². The maximum absolute atomic E-state index is 13.8. The quantitative estimate of drug-likeness (QED) is 0.819. The van der Waals surface area contributed by atoms with E-state index in [-0.39, 0.29) is 17.3 Å². The summed E-state index contributed by atoms with van der Waals surface area (Å²) in [5, 5.41) is 1.48. The Balaban J connectivity index is 2.14. The molecule has 1 heterocycles. The third-order valence-corrected chi connectivity index (χ3v) is 4.83. The minimum atomic E-state index is -4.00. The number of halogens is 2. The van der Waals surface area contributed by atoms with Crippen molar-refractivity contribution in [2.75, 3.05) is 12.3 Å². The van der Waals surface area contributed by atoms with Crippen LogP contribution in [0, 0.1) is 5.82 Å². The van der Waals surface area contributed by atoms with Crippen LogP contribution in [0.4, 0.5) is 10.1 Å². The molecule has 5 nitrogen and oxygen atoms in total. The van der Waals surface area contributed by atoms with Gasteiger partial charge in [-0.3, -0.25) is 0 Å². The van der Waals surface area contributed by atoms with E-state index in [9.17, 15) is 12.8 Å². The minimum absolute atomic E-state index is 0.0799. The number of thiazole rings is 1. The van der Waals surface area contributed by atoms with Crippen LogP contribution in [0.2, 0.25) is 5.02 Å². The van der Waals surface area contributed by atoms with Crippen LogP contribution in [0.1, 0.15) is 5.69 Å². The molecule has 0 fully saturated rings. The number of nitrogen functional groups attached to an aromatic ring is 1. The molecule has 108 valence electrons. The fourth-order valence-corrected chi connectivity index (χ4v) is 3.57. The molecule has 0 aliphatic heterocycles. The van der Waals surface area contributed by atoms with Crippen LogP contribution in [0.15, 0.2) is 27.9 Å². The summed E-state index contributed by atoms with van der Waals surface area (Å²) in [7, 11) is -4.00. The van der Waals surface area contributed by atoms with E-state index < -0.39 is 20.7 Å². The van der Waals surface area contributed by atoms with E-state index in [4.69, 9.17) is 17.3 Å². The molecule has 20 heavy (non-hydrogen) atoms. The van der Waals surface area contributed by atoms with Gasteiger partial charge in [0.25, 0.3) is 0 Å². The Hall–Kier alpha value is -1.22. The fourth-order valence-electron chi connectivity index (χ4n) is 1.53. The van der Waals surface area contributed by atoms with Gasteiger partial charge in [0.1, 0.15) is 4.90 Å². The molecular formula is C11H11ClFN3O2S2. The molecule has 2 aromatic rings.